The average molecular weight is 820 g/mol. The van der Waals surface area contributed by atoms with Gasteiger partial charge in [0.05, 0.1) is 21.7 Å². The third-order valence-corrected chi connectivity index (χ3v) is 10.8. The van der Waals surface area contributed by atoms with Crippen LogP contribution in [0, 0.1) is 11.3 Å². The van der Waals surface area contributed by atoms with Crippen LogP contribution in [0.2, 0.25) is 10.0 Å². The van der Waals surface area contributed by atoms with E-state index in [9.17, 15) is 19.5 Å². The molecule has 2 heterocycles. The Morgan fingerprint density at radius 3 is 2.19 bits per heavy atom. The number of benzene rings is 5. The van der Waals surface area contributed by atoms with E-state index in [4.69, 9.17) is 42.7 Å². The molecule has 2 aliphatic heterocycles. The van der Waals surface area contributed by atoms with Gasteiger partial charge in [-0.15, -0.1) is 0 Å². The van der Waals surface area contributed by atoms with Gasteiger partial charge < -0.3 is 34.9 Å². The molecule has 11 nitrogen and oxygen atoms in total. The topological polar surface area (TPSA) is 150 Å². The fraction of sp³-hybridized carbons (Fsp3) is 0.244. The van der Waals surface area contributed by atoms with Crippen molar-refractivity contribution in [1.29, 1.82) is 5.26 Å². The number of rotatable bonds is 11. The van der Waals surface area contributed by atoms with Crippen molar-refractivity contribution >= 4 is 41.1 Å². The molecule has 0 spiro atoms. The smallest absolute Gasteiger partial charge is 0.326 e. The molecule has 0 fully saturated rings. The summed E-state index contributed by atoms with van der Waals surface area (Å²) in [5.74, 6) is -0.0743. The van der Waals surface area contributed by atoms with Crippen molar-refractivity contribution in [2.24, 2.45) is 0 Å². The van der Waals surface area contributed by atoms with Gasteiger partial charge in [0.25, 0.3) is 0 Å². The molecule has 3 atom stereocenters. The predicted octanol–water partition coefficient (Wildman–Crippen LogP) is 8.28. The van der Waals surface area contributed by atoms with Gasteiger partial charge >= 0.3 is 12.0 Å². The Kier molecular flexibility index (Phi) is 12.1. The molecule has 0 bridgehead atoms. The number of carbonyl (C=O) groups is 3. The van der Waals surface area contributed by atoms with Gasteiger partial charge in [-0.25, -0.2) is 9.59 Å². The van der Waals surface area contributed by atoms with E-state index >= 15 is 0 Å². The van der Waals surface area contributed by atoms with Gasteiger partial charge in [-0.1, -0.05) is 77.8 Å². The molecule has 296 valence electrons. The summed E-state index contributed by atoms with van der Waals surface area (Å²) in [5, 5.41) is 25.8. The lowest BCUT2D eigenvalue weighted by atomic mass is 9.92. The quantitative estimate of drug-likeness (QED) is 0.121. The highest BCUT2D eigenvalue weighted by Gasteiger charge is 2.38. The summed E-state index contributed by atoms with van der Waals surface area (Å²) in [7, 11) is 0. The monoisotopic (exact) mass is 818 g/mol. The molecule has 5 aromatic rings. The number of hydrogen-bond donors (Lipinski definition) is 3. The van der Waals surface area contributed by atoms with Crippen molar-refractivity contribution in [1.82, 2.24) is 15.5 Å². The predicted molar refractivity (Wildman–Crippen MR) is 219 cm³/mol. The number of nitriles is 1. The van der Waals surface area contributed by atoms with Gasteiger partial charge in [-0.3, -0.25) is 4.79 Å². The van der Waals surface area contributed by atoms with E-state index in [0.29, 0.717) is 45.0 Å². The lowest BCUT2D eigenvalue weighted by Gasteiger charge is -2.38. The van der Waals surface area contributed by atoms with E-state index in [0.717, 1.165) is 33.4 Å². The normalized spacial score (nSPS) is 16.1. The number of amides is 3. The van der Waals surface area contributed by atoms with Crippen LogP contribution in [0.3, 0.4) is 0 Å². The fourth-order valence-electron chi connectivity index (χ4n) is 6.94. The fourth-order valence-corrected chi connectivity index (χ4v) is 7.26. The minimum Gasteiger partial charge on any atom is -0.489 e. The Labute approximate surface area is 346 Å². The van der Waals surface area contributed by atoms with Gasteiger partial charge in [0.2, 0.25) is 5.91 Å². The summed E-state index contributed by atoms with van der Waals surface area (Å²) in [6.45, 7) is 4.31. The van der Waals surface area contributed by atoms with Crippen molar-refractivity contribution in [3.8, 4) is 34.4 Å². The molecule has 13 heteroatoms. The molecule has 58 heavy (non-hydrogen) atoms. The summed E-state index contributed by atoms with van der Waals surface area (Å²) in [6.07, 6.45) is -0.232. The third-order valence-electron chi connectivity index (χ3n) is 10.0. The van der Waals surface area contributed by atoms with Gasteiger partial charge in [-0.05, 0) is 101 Å². The van der Waals surface area contributed by atoms with E-state index in [1.165, 1.54) is 4.90 Å². The Morgan fingerprint density at radius 2 is 1.53 bits per heavy atom. The van der Waals surface area contributed by atoms with Crippen LogP contribution in [0.4, 0.5) is 4.79 Å². The van der Waals surface area contributed by atoms with Crippen molar-refractivity contribution in [3.63, 3.8) is 0 Å². The molecule has 7 rings (SSSR count). The number of urea groups is 1. The maximum absolute atomic E-state index is 14.0. The maximum Gasteiger partial charge on any atom is 0.326 e. The van der Waals surface area contributed by atoms with E-state index in [2.05, 4.69) is 16.7 Å². The third kappa shape index (κ3) is 9.31. The van der Waals surface area contributed by atoms with Crippen molar-refractivity contribution in [3.05, 3.63) is 147 Å². The van der Waals surface area contributed by atoms with Gasteiger partial charge in [0.15, 0.2) is 17.6 Å². The number of aliphatic carboxylic acids is 1. The second-order valence-electron chi connectivity index (χ2n) is 14.5. The maximum atomic E-state index is 14.0. The minimum atomic E-state index is -1.25. The second kappa shape index (κ2) is 17.5. The summed E-state index contributed by atoms with van der Waals surface area (Å²) >= 11 is 12.2. The Hall–Kier alpha value is -6.22. The van der Waals surface area contributed by atoms with Crippen LogP contribution in [0.25, 0.3) is 11.1 Å². The Balaban J connectivity index is 1.03. The van der Waals surface area contributed by atoms with Crippen LogP contribution >= 0.6 is 23.2 Å². The highest BCUT2D eigenvalue weighted by molar-refractivity contribution is 6.42. The molecule has 0 radical (unpaired) electrons. The van der Waals surface area contributed by atoms with Crippen LogP contribution in [-0.4, -0.2) is 52.6 Å². The lowest BCUT2D eigenvalue weighted by molar-refractivity contribution is -0.142. The molecule has 0 saturated heterocycles. The van der Waals surface area contributed by atoms with Gasteiger partial charge in [0.1, 0.15) is 31.0 Å². The number of hydrogen-bond acceptors (Lipinski definition) is 7. The molecule has 0 saturated carbocycles. The zero-order valence-corrected chi connectivity index (χ0v) is 33.2. The first-order chi connectivity index (χ1) is 27.9. The average Bonchev–Trinajstić information content (AvgIpc) is 3.22. The van der Waals surface area contributed by atoms with Crippen molar-refractivity contribution in [2.75, 3.05) is 6.61 Å². The number of nitrogens with one attached hydrogen (secondary N) is 2. The molecular formula is C45H40Cl2N4O7. The number of carbonyl (C=O) groups excluding carboxylic acids is 2. The van der Waals surface area contributed by atoms with Crippen LogP contribution < -0.4 is 24.8 Å². The second-order valence-corrected chi connectivity index (χ2v) is 15.3. The highest BCUT2D eigenvalue weighted by atomic mass is 35.5. The molecule has 0 aliphatic carbocycles. The van der Waals surface area contributed by atoms with Gasteiger partial charge in [0, 0.05) is 25.4 Å². The van der Waals surface area contributed by atoms with Crippen LogP contribution in [0.1, 0.15) is 53.3 Å². The number of carboxylic acid groups (broad SMARTS) is 1. The molecule has 2 aliphatic rings. The number of nitrogens with zero attached hydrogens (tertiary/aromatic N) is 2. The Morgan fingerprint density at radius 1 is 0.862 bits per heavy atom. The number of ether oxygens (including phenoxy) is 3. The summed E-state index contributed by atoms with van der Waals surface area (Å²) in [6, 6.07) is 30.4. The zero-order chi connectivity index (χ0) is 40.9. The summed E-state index contributed by atoms with van der Waals surface area (Å²) in [5.41, 5.74) is 6.44. The molecule has 0 aromatic heterocycles. The SMILES string of the molecule is CC(C)NC(=O)N1Cc2cc3c(cc2C[C@H]1C(=O)N[C@@H](Cc1ccc(-c2ccc(C#N)cc2)cc1)C(=O)O)OCC(c1ccc(OCc2ccc(Cl)c(Cl)c2)cc1)O3. The molecule has 1 unspecified atom stereocenters. The van der Waals surface area contributed by atoms with Crippen LogP contribution in [0.15, 0.2) is 103 Å². The number of halogens is 2. The lowest BCUT2D eigenvalue weighted by Crippen LogP contribution is -2.58. The van der Waals surface area contributed by atoms with Crippen molar-refractivity contribution in [2.45, 2.75) is 64.1 Å². The largest absolute Gasteiger partial charge is 0.489 e. The molecule has 3 N–H and O–H groups in total. The minimum absolute atomic E-state index is 0.0323. The first kappa shape index (κ1) is 40.0. The number of carboxylic acids is 1. The molecule has 5 aromatic carbocycles. The van der Waals surface area contributed by atoms with Crippen LogP contribution in [-0.2, 0) is 35.6 Å². The van der Waals surface area contributed by atoms with E-state index < -0.39 is 36.1 Å². The summed E-state index contributed by atoms with van der Waals surface area (Å²) in [4.78, 5) is 41.4. The van der Waals surface area contributed by atoms with Crippen molar-refractivity contribution < 1.29 is 33.7 Å². The first-order valence-electron chi connectivity index (χ1n) is 18.8. The van der Waals surface area contributed by atoms with E-state index in [-0.39, 0.29) is 32.0 Å². The molecule has 3 amide bonds. The molecular weight excluding hydrogens is 779 g/mol. The number of fused-ring (bicyclic) bond motifs is 2. The Bertz CT molecular complexity index is 2360. The van der Waals surface area contributed by atoms with Gasteiger partial charge in [-0.2, -0.15) is 5.26 Å². The first-order valence-corrected chi connectivity index (χ1v) is 19.5. The standard InChI is InChI=1S/C45H40Cl2N4O7/c1-26(2)49-45(55)51-23-34-21-41-40(57-25-42(58-41)32-12-14-35(15-13-32)56-24-29-7-16-36(46)37(47)17-29)20-33(34)19-39(51)43(52)50-38(44(53)54)18-27-3-8-30(9-4-27)31-10-5-28(22-48)6-11-31/h3-17,20-21,26,38-39,42H,18-19,23-25H2,1-2H3,(H,49,55)(H,50,52)(H,53,54)/t38-,39-,42?/m0/s1. The van der Waals surface area contributed by atoms with Crippen LogP contribution in [0.5, 0.6) is 17.2 Å². The van der Waals surface area contributed by atoms with E-state index in [1.807, 2.05) is 92.7 Å². The zero-order valence-electron chi connectivity index (χ0n) is 31.7. The summed E-state index contributed by atoms with van der Waals surface area (Å²) < 4.78 is 18.5. The van der Waals surface area contributed by atoms with E-state index in [1.54, 1.807) is 24.3 Å². The highest BCUT2D eigenvalue weighted by Crippen LogP contribution is 2.41.